The second kappa shape index (κ2) is 6.26. The summed E-state index contributed by atoms with van der Waals surface area (Å²) in [6.07, 6.45) is 2.70. The van der Waals surface area contributed by atoms with Crippen molar-refractivity contribution < 1.29 is 0 Å². The van der Waals surface area contributed by atoms with Crippen LogP contribution in [0.1, 0.15) is 11.1 Å². The molecule has 0 saturated carbocycles. The van der Waals surface area contributed by atoms with E-state index in [-0.39, 0.29) is 5.95 Å². The van der Waals surface area contributed by atoms with E-state index >= 15 is 0 Å². The molecular weight excluding hydrogens is 334 g/mol. The van der Waals surface area contributed by atoms with Gasteiger partial charge in [-0.3, -0.25) is 0 Å². The summed E-state index contributed by atoms with van der Waals surface area (Å²) in [5.41, 5.74) is 17.5. The van der Waals surface area contributed by atoms with Gasteiger partial charge in [0, 0.05) is 35.6 Å². The Balaban J connectivity index is 1.67. The second-order valence-electron chi connectivity index (χ2n) is 6.12. The largest absolute Gasteiger partial charge is 0.383 e. The number of nitrogens with two attached hydrogens (primary N) is 2. The van der Waals surface area contributed by atoms with E-state index in [4.69, 9.17) is 23.1 Å². The Morgan fingerprint density at radius 1 is 1.08 bits per heavy atom. The fourth-order valence-electron chi connectivity index (χ4n) is 3.33. The van der Waals surface area contributed by atoms with Crippen LogP contribution in [0.15, 0.2) is 48.7 Å². The first-order valence-corrected chi connectivity index (χ1v) is 8.49. The van der Waals surface area contributed by atoms with Crippen molar-refractivity contribution in [3.8, 4) is 11.1 Å². The van der Waals surface area contributed by atoms with Gasteiger partial charge in [-0.15, -0.1) is 0 Å². The van der Waals surface area contributed by atoms with Crippen LogP contribution in [0.5, 0.6) is 0 Å². The fraction of sp³-hybridized carbons (Fsp3) is 0.158. The molecule has 0 aliphatic carbocycles. The summed E-state index contributed by atoms with van der Waals surface area (Å²) in [6, 6.07) is 14.4. The molecular formula is C19H18ClN5. The molecule has 0 unspecified atom stereocenters. The molecule has 0 fully saturated rings. The lowest BCUT2D eigenvalue weighted by Gasteiger charge is -2.20. The van der Waals surface area contributed by atoms with Crippen molar-refractivity contribution in [3.05, 3.63) is 64.8 Å². The molecule has 1 aromatic heterocycles. The second-order valence-corrected chi connectivity index (χ2v) is 6.56. The maximum atomic E-state index is 6.01. The number of aromatic nitrogens is 2. The highest BCUT2D eigenvalue weighted by molar-refractivity contribution is 6.30. The van der Waals surface area contributed by atoms with Gasteiger partial charge in [-0.25, -0.2) is 4.98 Å². The Hall–Kier alpha value is -2.79. The Labute approximate surface area is 151 Å². The number of rotatable bonds is 3. The average Bonchev–Trinajstić information content (AvgIpc) is 3.01. The minimum absolute atomic E-state index is 0.202. The van der Waals surface area contributed by atoms with E-state index in [1.807, 2.05) is 12.1 Å². The zero-order chi connectivity index (χ0) is 17.4. The van der Waals surface area contributed by atoms with Crippen LogP contribution in [0.2, 0.25) is 5.02 Å². The lowest BCUT2D eigenvalue weighted by Crippen LogP contribution is -2.21. The van der Waals surface area contributed by atoms with Gasteiger partial charge >= 0.3 is 0 Å². The highest BCUT2D eigenvalue weighted by Crippen LogP contribution is 2.37. The van der Waals surface area contributed by atoms with E-state index in [0.29, 0.717) is 12.4 Å². The van der Waals surface area contributed by atoms with Gasteiger partial charge in [-0.05, 0) is 41.3 Å². The number of benzene rings is 2. The molecule has 0 amide bonds. The topological polar surface area (TPSA) is 81.1 Å². The molecule has 0 spiro atoms. The van der Waals surface area contributed by atoms with Crippen LogP contribution < -0.4 is 16.4 Å². The third kappa shape index (κ3) is 2.98. The standard InChI is InChI=1S/C19H18ClN5/c20-14-6-4-12(5-7-14)15-2-1-3-17-16(15)8-9-25(17)11-13-10-23-19(22)24-18(13)21/h1-7,10H,8-9,11H2,(H4,21,22,23,24). The first kappa shape index (κ1) is 15.7. The van der Waals surface area contributed by atoms with E-state index in [1.54, 1.807) is 6.20 Å². The van der Waals surface area contributed by atoms with Crippen molar-refractivity contribution in [2.45, 2.75) is 13.0 Å². The summed E-state index contributed by atoms with van der Waals surface area (Å²) in [6.45, 7) is 1.60. The first-order chi connectivity index (χ1) is 12.1. The Morgan fingerprint density at radius 2 is 1.88 bits per heavy atom. The first-order valence-electron chi connectivity index (χ1n) is 8.11. The minimum atomic E-state index is 0.202. The van der Waals surface area contributed by atoms with Crippen molar-refractivity contribution in [1.29, 1.82) is 0 Å². The lowest BCUT2D eigenvalue weighted by atomic mass is 9.98. The fourth-order valence-corrected chi connectivity index (χ4v) is 3.45. The highest BCUT2D eigenvalue weighted by Gasteiger charge is 2.23. The third-order valence-corrected chi connectivity index (χ3v) is 4.81. The van der Waals surface area contributed by atoms with E-state index in [9.17, 15) is 0 Å². The molecule has 25 heavy (non-hydrogen) atoms. The Bertz CT molecular complexity index is 924. The Morgan fingerprint density at radius 3 is 2.64 bits per heavy atom. The van der Waals surface area contributed by atoms with Crippen LogP contribution in [-0.2, 0) is 13.0 Å². The molecule has 126 valence electrons. The number of anilines is 3. The zero-order valence-corrected chi connectivity index (χ0v) is 14.4. The van der Waals surface area contributed by atoms with Gasteiger partial charge < -0.3 is 16.4 Å². The van der Waals surface area contributed by atoms with Crippen molar-refractivity contribution in [2.75, 3.05) is 22.9 Å². The predicted molar refractivity (Wildman–Crippen MR) is 102 cm³/mol. The highest BCUT2D eigenvalue weighted by atomic mass is 35.5. The summed E-state index contributed by atoms with van der Waals surface area (Å²) in [5, 5.41) is 0.747. The molecule has 5 nitrogen and oxygen atoms in total. The van der Waals surface area contributed by atoms with E-state index in [2.05, 4.69) is 45.2 Å². The predicted octanol–water partition coefficient (Wildman–Crippen LogP) is 3.52. The molecule has 4 N–H and O–H groups in total. The van der Waals surface area contributed by atoms with Gasteiger partial charge in [0.15, 0.2) is 0 Å². The normalized spacial score (nSPS) is 13.1. The van der Waals surface area contributed by atoms with Crippen LogP contribution in [0, 0.1) is 0 Å². The molecule has 0 radical (unpaired) electrons. The number of hydrogen-bond donors (Lipinski definition) is 2. The summed E-state index contributed by atoms with van der Waals surface area (Å²) in [5.74, 6) is 0.642. The molecule has 0 atom stereocenters. The molecule has 2 aromatic carbocycles. The number of nitrogen functional groups attached to an aromatic ring is 2. The molecule has 0 saturated heterocycles. The number of fused-ring (bicyclic) bond motifs is 1. The quantitative estimate of drug-likeness (QED) is 0.754. The molecule has 1 aliphatic rings. The van der Waals surface area contributed by atoms with Gasteiger partial charge in [0.05, 0.1) is 0 Å². The zero-order valence-electron chi connectivity index (χ0n) is 13.6. The number of nitrogens with zero attached hydrogens (tertiary/aromatic N) is 3. The lowest BCUT2D eigenvalue weighted by molar-refractivity contribution is 0.830. The number of halogens is 1. The molecule has 4 rings (SSSR count). The Kier molecular flexibility index (Phi) is 3.93. The van der Waals surface area contributed by atoms with Gasteiger partial charge in [0.1, 0.15) is 5.82 Å². The minimum Gasteiger partial charge on any atom is -0.383 e. The monoisotopic (exact) mass is 351 g/mol. The molecule has 2 heterocycles. The van der Waals surface area contributed by atoms with Crippen LogP contribution in [0.25, 0.3) is 11.1 Å². The van der Waals surface area contributed by atoms with Crippen LogP contribution in [0.4, 0.5) is 17.5 Å². The molecule has 1 aliphatic heterocycles. The third-order valence-electron chi connectivity index (χ3n) is 4.56. The smallest absolute Gasteiger partial charge is 0.221 e. The summed E-state index contributed by atoms with van der Waals surface area (Å²) in [4.78, 5) is 10.4. The summed E-state index contributed by atoms with van der Waals surface area (Å²) in [7, 11) is 0. The van der Waals surface area contributed by atoms with Crippen molar-refractivity contribution in [2.24, 2.45) is 0 Å². The van der Waals surface area contributed by atoms with E-state index < -0.39 is 0 Å². The van der Waals surface area contributed by atoms with E-state index in [0.717, 1.165) is 23.6 Å². The van der Waals surface area contributed by atoms with Crippen LogP contribution in [0.3, 0.4) is 0 Å². The summed E-state index contributed by atoms with van der Waals surface area (Å²) < 4.78 is 0. The van der Waals surface area contributed by atoms with Gasteiger partial charge in [-0.2, -0.15) is 4.98 Å². The molecule has 0 bridgehead atoms. The summed E-state index contributed by atoms with van der Waals surface area (Å²) >= 11 is 6.01. The average molecular weight is 352 g/mol. The van der Waals surface area contributed by atoms with Gasteiger partial charge in [0.25, 0.3) is 0 Å². The van der Waals surface area contributed by atoms with Gasteiger partial charge in [0.2, 0.25) is 5.95 Å². The van der Waals surface area contributed by atoms with Gasteiger partial charge in [-0.1, -0.05) is 35.9 Å². The van der Waals surface area contributed by atoms with Crippen molar-refractivity contribution in [1.82, 2.24) is 9.97 Å². The van der Waals surface area contributed by atoms with Crippen LogP contribution >= 0.6 is 11.6 Å². The van der Waals surface area contributed by atoms with E-state index in [1.165, 1.54) is 22.4 Å². The number of hydrogen-bond acceptors (Lipinski definition) is 5. The van der Waals surface area contributed by atoms with Crippen LogP contribution in [-0.4, -0.2) is 16.5 Å². The SMILES string of the molecule is Nc1ncc(CN2CCc3c(-c4ccc(Cl)cc4)cccc32)c(N)n1. The van der Waals surface area contributed by atoms with Crippen molar-refractivity contribution >= 4 is 29.1 Å². The molecule has 3 aromatic rings. The maximum Gasteiger partial charge on any atom is 0.221 e. The maximum absolute atomic E-state index is 6.01. The van der Waals surface area contributed by atoms with Crippen molar-refractivity contribution in [3.63, 3.8) is 0 Å². The molecule has 6 heteroatoms.